The lowest BCUT2D eigenvalue weighted by Gasteiger charge is -2.34. The normalized spacial score (nSPS) is 23.4. The average molecular weight is 321 g/mol. The molecule has 2 unspecified atom stereocenters. The van der Waals surface area contributed by atoms with E-state index in [0.29, 0.717) is 0 Å². The molecule has 0 amide bonds. The van der Waals surface area contributed by atoms with Crippen molar-refractivity contribution in [3.63, 3.8) is 0 Å². The fraction of sp³-hybridized carbons (Fsp3) is 0.471. The van der Waals surface area contributed by atoms with Crippen LogP contribution in [-0.4, -0.2) is 23.0 Å². The summed E-state index contributed by atoms with van der Waals surface area (Å²) in [5.41, 5.74) is 2.20. The summed E-state index contributed by atoms with van der Waals surface area (Å²) in [6, 6.07) is 7.93. The van der Waals surface area contributed by atoms with E-state index in [4.69, 9.17) is 16.6 Å². The molecule has 0 spiro atoms. The van der Waals surface area contributed by atoms with Crippen LogP contribution in [0.15, 0.2) is 29.6 Å². The molecule has 112 valence electrons. The van der Waals surface area contributed by atoms with Crippen LogP contribution in [0.25, 0.3) is 10.6 Å². The van der Waals surface area contributed by atoms with Gasteiger partial charge in [-0.25, -0.2) is 4.98 Å². The van der Waals surface area contributed by atoms with Gasteiger partial charge in [-0.1, -0.05) is 43.6 Å². The second-order valence-corrected chi connectivity index (χ2v) is 7.53. The summed E-state index contributed by atoms with van der Waals surface area (Å²) in [7, 11) is 0. The molecule has 2 heterocycles. The number of hydrogen-bond acceptors (Lipinski definition) is 3. The number of rotatable bonds is 3. The number of aromatic nitrogens is 1. The van der Waals surface area contributed by atoms with Crippen molar-refractivity contribution in [2.45, 2.75) is 26.8 Å². The monoisotopic (exact) mass is 320 g/mol. The summed E-state index contributed by atoms with van der Waals surface area (Å²) in [6.07, 6.45) is 1.35. The van der Waals surface area contributed by atoms with Crippen molar-refractivity contribution in [3.05, 3.63) is 40.4 Å². The van der Waals surface area contributed by atoms with Gasteiger partial charge in [0.25, 0.3) is 0 Å². The van der Waals surface area contributed by atoms with Crippen molar-refractivity contribution in [3.8, 4) is 10.6 Å². The summed E-state index contributed by atoms with van der Waals surface area (Å²) in [5, 5.41) is 3.97. The molecule has 1 aromatic carbocycles. The molecular formula is C17H21ClN2S. The van der Waals surface area contributed by atoms with Crippen LogP contribution in [0.4, 0.5) is 0 Å². The highest BCUT2D eigenvalue weighted by molar-refractivity contribution is 7.13. The number of thiazole rings is 1. The van der Waals surface area contributed by atoms with Gasteiger partial charge in [0.15, 0.2) is 0 Å². The van der Waals surface area contributed by atoms with Crippen molar-refractivity contribution in [1.82, 2.24) is 9.88 Å². The Hall–Kier alpha value is -0.900. The van der Waals surface area contributed by atoms with E-state index in [1.54, 1.807) is 11.3 Å². The molecule has 2 atom stereocenters. The Labute approximate surface area is 135 Å². The van der Waals surface area contributed by atoms with Crippen molar-refractivity contribution in [2.24, 2.45) is 11.8 Å². The third-order valence-electron chi connectivity index (χ3n) is 3.99. The van der Waals surface area contributed by atoms with E-state index in [9.17, 15) is 0 Å². The SMILES string of the molecule is CC1CC(C)CN(Cc2csc(-c3ccccc3Cl)n2)C1. The van der Waals surface area contributed by atoms with E-state index in [1.165, 1.54) is 19.5 Å². The van der Waals surface area contributed by atoms with Gasteiger partial charge >= 0.3 is 0 Å². The van der Waals surface area contributed by atoms with Crippen molar-refractivity contribution in [2.75, 3.05) is 13.1 Å². The molecule has 1 saturated heterocycles. The predicted molar refractivity (Wildman–Crippen MR) is 90.8 cm³/mol. The van der Waals surface area contributed by atoms with Gasteiger partial charge in [-0.05, 0) is 24.3 Å². The highest BCUT2D eigenvalue weighted by atomic mass is 35.5. The molecule has 2 aromatic rings. The van der Waals surface area contributed by atoms with E-state index in [-0.39, 0.29) is 0 Å². The molecule has 0 aliphatic carbocycles. The number of likely N-dealkylation sites (tertiary alicyclic amines) is 1. The summed E-state index contributed by atoms with van der Waals surface area (Å²) < 4.78 is 0. The van der Waals surface area contributed by atoms with Gasteiger partial charge in [-0.2, -0.15) is 0 Å². The molecule has 0 bridgehead atoms. The number of piperidine rings is 1. The minimum Gasteiger partial charge on any atom is -0.297 e. The Balaban J connectivity index is 1.72. The Morgan fingerprint density at radius 3 is 2.67 bits per heavy atom. The molecular weight excluding hydrogens is 300 g/mol. The second-order valence-electron chi connectivity index (χ2n) is 6.26. The zero-order chi connectivity index (χ0) is 14.8. The zero-order valence-electron chi connectivity index (χ0n) is 12.6. The standard InChI is InChI=1S/C17H21ClN2S/c1-12-7-13(2)9-20(8-12)10-14-11-21-17(19-14)15-5-3-4-6-16(15)18/h3-6,11-13H,7-10H2,1-2H3. The highest BCUT2D eigenvalue weighted by Crippen LogP contribution is 2.31. The number of nitrogens with zero attached hydrogens (tertiary/aromatic N) is 2. The first-order valence-corrected chi connectivity index (χ1v) is 8.79. The van der Waals surface area contributed by atoms with Crippen LogP contribution in [-0.2, 0) is 6.54 Å². The zero-order valence-corrected chi connectivity index (χ0v) is 14.1. The van der Waals surface area contributed by atoms with Gasteiger partial charge in [-0.15, -0.1) is 11.3 Å². The molecule has 3 rings (SSSR count). The number of hydrogen-bond donors (Lipinski definition) is 0. The van der Waals surface area contributed by atoms with Gasteiger partial charge in [0.1, 0.15) is 5.01 Å². The minimum absolute atomic E-state index is 0.776. The van der Waals surface area contributed by atoms with Crippen LogP contribution in [0.1, 0.15) is 26.0 Å². The fourth-order valence-corrected chi connectivity index (χ4v) is 4.42. The maximum atomic E-state index is 6.25. The van der Waals surface area contributed by atoms with E-state index in [0.717, 1.165) is 39.7 Å². The quantitative estimate of drug-likeness (QED) is 0.796. The topological polar surface area (TPSA) is 16.1 Å². The minimum atomic E-state index is 0.776. The predicted octanol–water partition coefficient (Wildman–Crippen LogP) is 4.94. The van der Waals surface area contributed by atoms with Crippen molar-refractivity contribution in [1.29, 1.82) is 0 Å². The van der Waals surface area contributed by atoms with Gasteiger partial charge in [0.2, 0.25) is 0 Å². The van der Waals surface area contributed by atoms with Gasteiger partial charge < -0.3 is 0 Å². The first-order valence-electron chi connectivity index (χ1n) is 7.53. The first kappa shape index (κ1) is 15.0. The third-order valence-corrected chi connectivity index (χ3v) is 5.24. The molecule has 1 aromatic heterocycles. The largest absolute Gasteiger partial charge is 0.297 e. The summed E-state index contributed by atoms with van der Waals surface area (Å²) in [6.45, 7) is 8.01. The lowest BCUT2D eigenvalue weighted by atomic mass is 9.92. The lowest BCUT2D eigenvalue weighted by Crippen LogP contribution is -2.38. The van der Waals surface area contributed by atoms with Crippen LogP contribution in [0.2, 0.25) is 5.02 Å². The maximum absolute atomic E-state index is 6.25. The fourth-order valence-electron chi connectivity index (χ4n) is 3.29. The van der Waals surface area contributed by atoms with Crippen LogP contribution >= 0.6 is 22.9 Å². The first-order chi connectivity index (χ1) is 10.1. The van der Waals surface area contributed by atoms with E-state index in [2.05, 4.69) is 24.1 Å². The molecule has 1 fully saturated rings. The van der Waals surface area contributed by atoms with Gasteiger partial charge in [-0.3, -0.25) is 4.90 Å². The molecule has 1 aliphatic heterocycles. The number of halogens is 1. The average Bonchev–Trinajstić information content (AvgIpc) is 2.86. The second kappa shape index (κ2) is 6.47. The van der Waals surface area contributed by atoms with E-state index < -0.39 is 0 Å². The Morgan fingerprint density at radius 1 is 1.24 bits per heavy atom. The Morgan fingerprint density at radius 2 is 1.95 bits per heavy atom. The van der Waals surface area contributed by atoms with Crippen LogP contribution in [0.3, 0.4) is 0 Å². The van der Waals surface area contributed by atoms with Crippen LogP contribution < -0.4 is 0 Å². The molecule has 1 aliphatic rings. The third kappa shape index (κ3) is 3.65. The molecule has 0 N–H and O–H groups in total. The maximum Gasteiger partial charge on any atom is 0.125 e. The van der Waals surface area contributed by atoms with Gasteiger partial charge in [0.05, 0.1) is 10.7 Å². The summed E-state index contributed by atoms with van der Waals surface area (Å²) >= 11 is 7.94. The van der Waals surface area contributed by atoms with E-state index in [1.807, 2.05) is 24.3 Å². The molecule has 0 saturated carbocycles. The molecule has 4 heteroatoms. The van der Waals surface area contributed by atoms with Crippen LogP contribution in [0, 0.1) is 11.8 Å². The molecule has 21 heavy (non-hydrogen) atoms. The number of benzene rings is 1. The van der Waals surface area contributed by atoms with Crippen molar-refractivity contribution < 1.29 is 0 Å². The lowest BCUT2D eigenvalue weighted by molar-refractivity contribution is 0.133. The van der Waals surface area contributed by atoms with Gasteiger partial charge in [0, 0.05) is 30.6 Å². The van der Waals surface area contributed by atoms with E-state index >= 15 is 0 Å². The smallest absolute Gasteiger partial charge is 0.125 e. The van der Waals surface area contributed by atoms with Crippen LogP contribution in [0.5, 0.6) is 0 Å². The Kier molecular flexibility index (Phi) is 4.63. The highest BCUT2D eigenvalue weighted by Gasteiger charge is 2.22. The summed E-state index contributed by atoms with van der Waals surface area (Å²) in [4.78, 5) is 7.31. The molecule has 2 nitrogen and oxygen atoms in total. The van der Waals surface area contributed by atoms with Crippen molar-refractivity contribution >= 4 is 22.9 Å². The Bertz CT molecular complexity index is 600. The summed E-state index contributed by atoms with van der Waals surface area (Å²) in [5.74, 6) is 1.57. The molecule has 0 radical (unpaired) electrons.